The third kappa shape index (κ3) is 8.35. The molecule has 1 aromatic heterocycles. The molecule has 0 saturated carbocycles. The Kier molecular flexibility index (Phi) is 10.9. The number of thiazole rings is 1. The topological polar surface area (TPSA) is 3.88 Å². The van der Waals surface area contributed by atoms with Crippen molar-refractivity contribution in [2.75, 3.05) is 0 Å². The third-order valence-electron chi connectivity index (χ3n) is 5.23. The van der Waals surface area contributed by atoms with Gasteiger partial charge in [-0.2, -0.15) is 4.57 Å². The van der Waals surface area contributed by atoms with Crippen LogP contribution in [0, 0.1) is 0 Å². The molecule has 2 heteroatoms. The van der Waals surface area contributed by atoms with Crippen LogP contribution in [0.5, 0.6) is 0 Å². The summed E-state index contributed by atoms with van der Waals surface area (Å²) in [4.78, 5) is 0. The summed E-state index contributed by atoms with van der Waals surface area (Å²) < 4.78 is 3.84. The van der Waals surface area contributed by atoms with Crippen LogP contribution in [-0.4, -0.2) is 0 Å². The molecule has 0 aliphatic rings. The first-order valence-electron chi connectivity index (χ1n) is 10.8. The highest BCUT2D eigenvalue weighted by Gasteiger charge is 2.09. The summed E-state index contributed by atoms with van der Waals surface area (Å²) in [5.41, 5.74) is 3.69. The van der Waals surface area contributed by atoms with E-state index < -0.39 is 0 Å². The molecule has 25 heavy (non-hydrogen) atoms. The standard InChI is InChI=1S/C23H38NS/c1-2-3-4-5-6-7-8-9-10-11-12-13-14-17-20-24-21-25-23-19-16-15-18-22(23)24/h15-16,18-19,21H,2-14,17,20H2,1H3/q+1. The summed E-state index contributed by atoms with van der Waals surface area (Å²) in [6, 6.07) is 8.75. The zero-order chi connectivity index (χ0) is 17.6. The zero-order valence-electron chi connectivity index (χ0n) is 16.3. The molecule has 0 radical (unpaired) electrons. The van der Waals surface area contributed by atoms with Crippen molar-refractivity contribution in [1.29, 1.82) is 0 Å². The number of para-hydroxylation sites is 1. The lowest BCUT2D eigenvalue weighted by molar-refractivity contribution is -0.667. The van der Waals surface area contributed by atoms with Crippen LogP contribution in [-0.2, 0) is 6.54 Å². The van der Waals surface area contributed by atoms with E-state index in [0.717, 1.165) is 0 Å². The highest BCUT2D eigenvalue weighted by molar-refractivity contribution is 7.16. The molecule has 0 atom stereocenters. The smallest absolute Gasteiger partial charge is 0.188 e. The second-order valence-electron chi connectivity index (χ2n) is 7.48. The molecule has 1 nitrogen and oxygen atoms in total. The van der Waals surface area contributed by atoms with Crippen molar-refractivity contribution in [2.24, 2.45) is 0 Å². The summed E-state index contributed by atoms with van der Waals surface area (Å²) >= 11 is 1.86. The van der Waals surface area contributed by atoms with Crippen molar-refractivity contribution in [1.82, 2.24) is 0 Å². The molecule has 2 rings (SSSR count). The summed E-state index contributed by atoms with van der Waals surface area (Å²) in [6.45, 7) is 3.48. The molecule has 0 bridgehead atoms. The fourth-order valence-electron chi connectivity index (χ4n) is 3.62. The number of unbranched alkanes of at least 4 members (excludes halogenated alkanes) is 13. The van der Waals surface area contributed by atoms with E-state index in [0.29, 0.717) is 0 Å². The third-order valence-corrected chi connectivity index (χ3v) is 6.19. The molecule has 140 valence electrons. The molecule has 1 aromatic carbocycles. The van der Waals surface area contributed by atoms with Gasteiger partial charge in [-0.05, 0) is 12.5 Å². The Balaban J connectivity index is 1.38. The number of aromatic nitrogens is 1. The molecular weight excluding hydrogens is 322 g/mol. The lowest BCUT2D eigenvalue weighted by atomic mass is 10.0. The van der Waals surface area contributed by atoms with E-state index in [1.165, 1.54) is 107 Å². The van der Waals surface area contributed by atoms with E-state index in [1.807, 2.05) is 11.3 Å². The van der Waals surface area contributed by atoms with Gasteiger partial charge >= 0.3 is 0 Å². The molecule has 0 amide bonds. The maximum absolute atomic E-state index is 2.43. The van der Waals surface area contributed by atoms with Crippen LogP contribution in [0.15, 0.2) is 29.8 Å². The van der Waals surface area contributed by atoms with Crippen LogP contribution < -0.4 is 4.57 Å². The first kappa shape index (κ1) is 20.4. The average molecular weight is 361 g/mol. The lowest BCUT2D eigenvalue weighted by Gasteiger charge is -2.02. The van der Waals surface area contributed by atoms with Gasteiger partial charge in [0.05, 0.1) is 0 Å². The maximum atomic E-state index is 2.43. The van der Waals surface area contributed by atoms with Crippen LogP contribution >= 0.6 is 11.3 Å². The van der Waals surface area contributed by atoms with Gasteiger partial charge in [0, 0.05) is 12.5 Å². The van der Waals surface area contributed by atoms with Crippen LogP contribution in [0.3, 0.4) is 0 Å². The fraction of sp³-hybridized carbons (Fsp3) is 0.696. The highest BCUT2D eigenvalue weighted by Crippen LogP contribution is 2.16. The number of hydrogen-bond acceptors (Lipinski definition) is 1. The van der Waals surface area contributed by atoms with Crippen molar-refractivity contribution in [3.8, 4) is 0 Å². The van der Waals surface area contributed by atoms with Crippen LogP contribution in [0.2, 0.25) is 0 Å². The Labute approximate surface area is 159 Å². The van der Waals surface area contributed by atoms with E-state index in [4.69, 9.17) is 0 Å². The van der Waals surface area contributed by atoms with E-state index in [2.05, 4.69) is 41.3 Å². The number of hydrogen-bond donors (Lipinski definition) is 0. The Morgan fingerprint density at radius 2 is 1.20 bits per heavy atom. The SMILES string of the molecule is CCCCCCCCCCCCCCCC[n+]1csc2ccccc21. The largest absolute Gasteiger partial charge is 0.225 e. The van der Waals surface area contributed by atoms with Gasteiger partial charge in [0.2, 0.25) is 11.0 Å². The first-order valence-corrected chi connectivity index (χ1v) is 11.7. The molecule has 0 fully saturated rings. The first-order chi connectivity index (χ1) is 12.4. The summed E-state index contributed by atoms with van der Waals surface area (Å²) in [5, 5.41) is 0. The van der Waals surface area contributed by atoms with Gasteiger partial charge in [-0.15, -0.1) is 0 Å². The van der Waals surface area contributed by atoms with E-state index in [9.17, 15) is 0 Å². The molecule has 0 aliphatic heterocycles. The lowest BCUT2D eigenvalue weighted by Crippen LogP contribution is -2.31. The summed E-state index contributed by atoms with van der Waals surface area (Å²) in [5.74, 6) is 0. The van der Waals surface area contributed by atoms with Gasteiger partial charge in [-0.1, -0.05) is 107 Å². The summed E-state index contributed by atoms with van der Waals surface area (Å²) in [6.07, 6.45) is 20.0. The number of aryl methyl sites for hydroxylation is 1. The van der Waals surface area contributed by atoms with Gasteiger partial charge in [0.15, 0.2) is 0 Å². The zero-order valence-corrected chi connectivity index (χ0v) is 17.2. The molecule has 0 unspecified atom stereocenters. The van der Waals surface area contributed by atoms with Gasteiger partial charge in [-0.25, -0.2) is 0 Å². The van der Waals surface area contributed by atoms with Gasteiger partial charge in [0.1, 0.15) is 11.2 Å². The van der Waals surface area contributed by atoms with Crippen molar-refractivity contribution in [3.63, 3.8) is 0 Å². The molecule has 0 saturated heterocycles. The van der Waals surface area contributed by atoms with Crippen LogP contribution in [0.1, 0.15) is 96.8 Å². The Hall–Kier alpha value is -0.890. The van der Waals surface area contributed by atoms with Gasteiger partial charge < -0.3 is 0 Å². The highest BCUT2D eigenvalue weighted by atomic mass is 32.1. The molecule has 0 aliphatic carbocycles. The van der Waals surface area contributed by atoms with Crippen molar-refractivity contribution >= 4 is 21.6 Å². The average Bonchev–Trinajstić information content (AvgIpc) is 3.05. The number of fused-ring (bicyclic) bond motifs is 1. The normalized spacial score (nSPS) is 11.4. The minimum atomic E-state index is 1.18. The van der Waals surface area contributed by atoms with Crippen molar-refractivity contribution in [3.05, 3.63) is 29.8 Å². The van der Waals surface area contributed by atoms with Gasteiger partial charge in [-0.3, -0.25) is 0 Å². The van der Waals surface area contributed by atoms with Crippen molar-refractivity contribution < 1.29 is 4.57 Å². The fourth-order valence-corrected chi connectivity index (χ4v) is 4.54. The summed E-state index contributed by atoms with van der Waals surface area (Å²) in [7, 11) is 0. The Morgan fingerprint density at radius 1 is 0.680 bits per heavy atom. The van der Waals surface area contributed by atoms with Crippen LogP contribution in [0.25, 0.3) is 10.2 Å². The molecular formula is C23H38NS+. The number of rotatable bonds is 15. The van der Waals surface area contributed by atoms with Gasteiger partial charge in [0.25, 0.3) is 0 Å². The molecule has 0 spiro atoms. The number of benzene rings is 1. The molecule has 0 N–H and O–H groups in total. The van der Waals surface area contributed by atoms with E-state index >= 15 is 0 Å². The Morgan fingerprint density at radius 3 is 1.80 bits per heavy atom. The minimum absolute atomic E-state index is 1.18. The quantitative estimate of drug-likeness (QED) is 0.226. The van der Waals surface area contributed by atoms with E-state index in [-0.39, 0.29) is 0 Å². The van der Waals surface area contributed by atoms with E-state index in [1.54, 1.807) is 0 Å². The maximum Gasteiger partial charge on any atom is 0.225 e. The molecule has 2 aromatic rings. The van der Waals surface area contributed by atoms with Crippen LogP contribution in [0.4, 0.5) is 0 Å². The predicted octanol–water partition coefficient (Wildman–Crippen LogP) is 7.67. The minimum Gasteiger partial charge on any atom is -0.188 e. The monoisotopic (exact) mass is 360 g/mol. The van der Waals surface area contributed by atoms with Crippen molar-refractivity contribution in [2.45, 2.75) is 103 Å². The molecule has 1 heterocycles. The Bertz CT molecular complexity index is 560. The predicted molar refractivity (Wildman–Crippen MR) is 112 cm³/mol. The number of nitrogens with zero attached hydrogens (tertiary/aromatic N) is 1. The second-order valence-corrected chi connectivity index (χ2v) is 8.37. The second kappa shape index (κ2) is 13.3.